The van der Waals surface area contributed by atoms with E-state index in [2.05, 4.69) is 17.2 Å². The maximum absolute atomic E-state index is 13.9. The molecule has 1 aromatic heterocycles. The first-order valence-corrected chi connectivity index (χ1v) is 9.43. The number of unbranched alkanes of at least 4 members (excludes halogenated alkanes) is 1. The normalized spacial score (nSPS) is 13.1. The number of para-hydroxylation sites is 1. The Kier molecular flexibility index (Phi) is 5.88. The first kappa shape index (κ1) is 19.1. The lowest BCUT2D eigenvalue weighted by atomic mass is 10.1. The molecule has 0 atom stereocenters. The molecule has 0 radical (unpaired) electrons. The van der Waals surface area contributed by atoms with E-state index in [0.29, 0.717) is 25.2 Å². The van der Waals surface area contributed by atoms with Crippen molar-refractivity contribution in [3.63, 3.8) is 0 Å². The second kappa shape index (κ2) is 8.33. The number of halogens is 1. The first-order chi connectivity index (χ1) is 13.0. The van der Waals surface area contributed by atoms with Crippen molar-refractivity contribution >= 4 is 17.5 Å². The molecule has 7 heteroatoms. The van der Waals surface area contributed by atoms with Crippen LogP contribution in [0.5, 0.6) is 0 Å². The van der Waals surface area contributed by atoms with E-state index in [4.69, 9.17) is 0 Å². The number of benzene rings is 1. The summed E-state index contributed by atoms with van der Waals surface area (Å²) in [5.74, 6) is -1.01. The van der Waals surface area contributed by atoms with Gasteiger partial charge in [-0.2, -0.15) is 0 Å². The number of anilines is 1. The van der Waals surface area contributed by atoms with E-state index in [-0.39, 0.29) is 17.4 Å². The second-order valence-electron chi connectivity index (χ2n) is 6.85. The van der Waals surface area contributed by atoms with Gasteiger partial charge in [0.2, 0.25) is 0 Å². The zero-order valence-corrected chi connectivity index (χ0v) is 15.8. The van der Waals surface area contributed by atoms with Crippen LogP contribution >= 0.6 is 0 Å². The lowest BCUT2D eigenvalue weighted by Gasteiger charge is -2.19. The maximum atomic E-state index is 13.9. The Morgan fingerprint density at radius 3 is 2.81 bits per heavy atom. The van der Waals surface area contributed by atoms with Gasteiger partial charge in [-0.1, -0.05) is 25.5 Å². The number of nitrogens with zero attached hydrogens (tertiary/aromatic N) is 3. The van der Waals surface area contributed by atoms with Gasteiger partial charge in [-0.3, -0.25) is 9.59 Å². The number of imidazole rings is 1. The van der Waals surface area contributed by atoms with Crippen molar-refractivity contribution < 1.29 is 14.0 Å². The summed E-state index contributed by atoms with van der Waals surface area (Å²) in [5, 5.41) is 2.57. The monoisotopic (exact) mass is 372 g/mol. The number of aromatic nitrogens is 2. The third-order valence-corrected chi connectivity index (χ3v) is 4.84. The summed E-state index contributed by atoms with van der Waals surface area (Å²) in [6, 6.07) is 5.99. The molecule has 1 aliphatic rings. The van der Waals surface area contributed by atoms with Gasteiger partial charge < -0.3 is 14.8 Å². The number of hydrogen-bond donors (Lipinski definition) is 1. The minimum Gasteiger partial charge on any atom is -0.340 e. The van der Waals surface area contributed by atoms with E-state index < -0.39 is 11.7 Å². The predicted molar refractivity (Wildman–Crippen MR) is 101 cm³/mol. The molecule has 0 saturated heterocycles. The third kappa shape index (κ3) is 4.02. The van der Waals surface area contributed by atoms with Gasteiger partial charge in [0.25, 0.3) is 11.8 Å². The highest BCUT2D eigenvalue weighted by atomic mass is 19.1. The maximum Gasteiger partial charge on any atom is 0.291 e. The number of carbonyl (C=O) groups excluding carboxylic acids is 2. The van der Waals surface area contributed by atoms with Crippen molar-refractivity contribution in [3.05, 3.63) is 47.3 Å². The summed E-state index contributed by atoms with van der Waals surface area (Å²) in [7, 11) is 1.76. The minimum absolute atomic E-state index is 0.101. The van der Waals surface area contributed by atoms with Crippen molar-refractivity contribution in [2.45, 2.75) is 45.6 Å². The number of nitrogens with one attached hydrogen (secondary N) is 1. The zero-order valence-electron chi connectivity index (χ0n) is 15.8. The molecule has 0 bridgehead atoms. The van der Waals surface area contributed by atoms with Gasteiger partial charge in [0, 0.05) is 20.1 Å². The fourth-order valence-corrected chi connectivity index (χ4v) is 3.31. The van der Waals surface area contributed by atoms with Gasteiger partial charge in [0.05, 0.1) is 11.4 Å². The second-order valence-corrected chi connectivity index (χ2v) is 6.85. The van der Waals surface area contributed by atoms with E-state index in [0.717, 1.165) is 31.4 Å². The highest BCUT2D eigenvalue weighted by Gasteiger charge is 2.29. The first-order valence-electron chi connectivity index (χ1n) is 9.43. The molecule has 1 aromatic carbocycles. The molecule has 2 heterocycles. The Hall–Kier alpha value is -2.70. The summed E-state index contributed by atoms with van der Waals surface area (Å²) < 4.78 is 15.7. The lowest BCUT2D eigenvalue weighted by Crippen LogP contribution is -2.29. The highest BCUT2D eigenvalue weighted by molar-refractivity contribution is 6.03. The number of amides is 2. The lowest BCUT2D eigenvalue weighted by molar-refractivity contribution is 0.0786. The Morgan fingerprint density at radius 2 is 2.07 bits per heavy atom. The molecule has 0 saturated carbocycles. The highest BCUT2D eigenvalue weighted by Crippen LogP contribution is 2.23. The Balaban J connectivity index is 1.90. The van der Waals surface area contributed by atoms with Crippen LogP contribution in [0.2, 0.25) is 0 Å². The third-order valence-electron chi connectivity index (χ3n) is 4.84. The molecule has 1 aliphatic heterocycles. The molecule has 0 spiro atoms. The molecule has 0 unspecified atom stereocenters. The summed E-state index contributed by atoms with van der Waals surface area (Å²) in [5.41, 5.74) is 1.24. The van der Waals surface area contributed by atoms with E-state index in [1.165, 1.54) is 12.1 Å². The SMILES string of the molecule is CCCCN(C)C(=O)c1nc(C(=O)Nc2ccccc2F)n2c1CCCC2. The average molecular weight is 372 g/mol. The number of fused-ring (bicyclic) bond motifs is 1. The summed E-state index contributed by atoms with van der Waals surface area (Å²) >= 11 is 0. The quantitative estimate of drug-likeness (QED) is 0.844. The van der Waals surface area contributed by atoms with Crippen LogP contribution in [0.3, 0.4) is 0 Å². The molecule has 3 rings (SSSR count). The van der Waals surface area contributed by atoms with E-state index in [9.17, 15) is 14.0 Å². The van der Waals surface area contributed by atoms with Crippen molar-refractivity contribution in [3.8, 4) is 0 Å². The van der Waals surface area contributed by atoms with Gasteiger partial charge >= 0.3 is 0 Å². The van der Waals surface area contributed by atoms with Crippen LogP contribution in [-0.2, 0) is 13.0 Å². The van der Waals surface area contributed by atoms with Crippen molar-refractivity contribution in [1.82, 2.24) is 14.5 Å². The number of carbonyl (C=O) groups is 2. The van der Waals surface area contributed by atoms with Crippen LogP contribution in [0.1, 0.15) is 59.4 Å². The van der Waals surface area contributed by atoms with Crippen LogP contribution in [0.25, 0.3) is 0 Å². The largest absolute Gasteiger partial charge is 0.340 e. The molecule has 0 aliphatic carbocycles. The number of rotatable bonds is 6. The smallest absolute Gasteiger partial charge is 0.291 e. The molecule has 1 N–H and O–H groups in total. The fourth-order valence-electron chi connectivity index (χ4n) is 3.31. The van der Waals surface area contributed by atoms with Gasteiger partial charge in [0.1, 0.15) is 11.5 Å². The molecular formula is C20H25FN4O2. The molecule has 27 heavy (non-hydrogen) atoms. The van der Waals surface area contributed by atoms with Crippen molar-refractivity contribution in [2.24, 2.45) is 0 Å². The average Bonchev–Trinajstić information content (AvgIpc) is 3.07. The summed E-state index contributed by atoms with van der Waals surface area (Å²) in [4.78, 5) is 31.6. The molecule has 0 fully saturated rings. The van der Waals surface area contributed by atoms with Crippen LogP contribution in [0.15, 0.2) is 24.3 Å². The van der Waals surface area contributed by atoms with Gasteiger partial charge in [0.15, 0.2) is 5.82 Å². The van der Waals surface area contributed by atoms with E-state index >= 15 is 0 Å². The zero-order chi connectivity index (χ0) is 19.4. The Morgan fingerprint density at radius 1 is 1.30 bits per heavy atom. The van der Waals surface area contributed by atoms with Crippen LogP contribution in [-0.4, -0.2) is 39.9 Å². The van der Waals surface area contributed by atoms with Crippen LogP contribution < -0.4 is 5.32 Å². The van der Waals surface area contributed by atoms with E-state index in [1.807, 2.05) is 0 Å². The van der Waals surface area contributed by atoms with Crippen LogP contribution in [0, 0.1) is 5.82 Å². The summed E-state index contributed by atoms with van der Waals surface area (Å²) in [6.07, 6.45) is 4.50. The van der Waals surface area contributed by atoms with Gasteiger partial charge in [-0.15, -0.1) is 0 Å². The Bertz CT molecular complexity index is 847. The predicted octanol–water partition coefficient (Wildman–Crippen LogP) is 3.48. The molecule has 144 valence electrons. The molecular weight excluding hydrogens is 347 g/mol. The standard InChI is InChI=1S/C20H25FN4O2/c1-3-4-12-24(2)20(27)17-16-11-7-8-13-25(16)18(23-17)19(26)22-15-10-6-5-9-14(15)21/h5-6,9-10H,3-4,7-8,11-13H2,1-2H3,(H,22,26). The Labute approximate surface area is 158 Å². The van der Waals surface area contributed by atoms with E-state index in [1.54, 1.807) is 28.6 Å². The molecule has 2 amide bonds. The van der Waals surface area contributed by atoms with Crippen LogP contribution in [0.4, 0.5) is 10.1 Å². The number of hydrogen-bond acceptors (Lipinski definition) is 3. The van der Waals surface area contributed by atoms with Crippen molar-refractivity contribution in [2.75, 3.05) is 18.9 Å². The summed E-state index contributed by atoms with van der Waals surface area (Å²) in [6.45, 7) is 3.36. The van der Waals surface area contributed by atoms with Gasteiger partial charge in [-0.05, 0) is 37.8 Å². The fraction of sp³-hybridized carbons (Fsp3) is 0.450. The van der Waals surface area contributed by atoms with Gasteiger partial charge in [-0.25, -0.2) is 9.37 Å². The molecule has 6 nitrogen and oxygen atoms in total. The van der Waals surface area contributed by atoms with Crippen molar-refractivity contribution in [1.29, 1.82) is 0 Å². The molecule has 2 aromatic rings. The topological polar surface area (TPSA) is 67.2 Å². The minimum atomic E-state index is -0.508.